The molecule has 2 N–H and O–H groups in total. The predicted octanol–water partition coefficient (Wildman–Crippen LogP) is 4.58. The Morgan fingerprint density at radius 2 is 1.94 bits per heavy atom. The SMILES string of the molecule is CC[C@@](C)(N)c1ncc(OC2CC2)c2cnc(Cc3ccc4c(n3)C(C)(C)[C@@H](C)OC4=O)cc12. The molecule has 0 aromatic carbocycles. The fourth-order valence-electron chi connectivity index (χ4n) is 4.34. The summed E-state index contributed by atoms with van der Waals surface area (Å²) < 4.78 is 11.6. The minimum Gasteiger partial charge on any atom is -0.488 e. The maximum atomic E-state index is 12.4. The van der Waals surface area contributed by atoms with E-state index in [-0.39, 0.29) is 23.6 Å². The number of esters is 1. The van der Waals surface area contributed by atoms with Crippen LogP contribution in [-0.2, 0) is 22.1 Å². The Balaban J connectivity index is 1.55. The van der Waals surface area contributed by atoms with Crippen LogP contribution in [0.4, 0.5) is 0 Å². The molecule has 7 nitrogen and oxygen atoms in total. The lowest BCUT2D eigenvalue weighted by Crippen LogP contribution is -2.42. The standard InChI is InChI=1S/C27H32N4O3/c1-6-27(5,28)24-20-12-17(29-13-21(20)22(14-30-24)34-18-8-9-18)11-16-7-10-19-23(31-16)26(3,4)15(2)33-25(19)32/h7,10,12-15,18H,6,8-9,11,28H2,1-5H3/t15-,27-/m1/s1. The van der Waals surface area contributed by atoms with Crippen LogP contribution in [0.1, 0.15) is 87.0 Å². The fraction of sp³-hybridized carbons (Fsp3) is 0.481. The van der Waals surface area contributed by atoms with E-state index in [4.69, 9.17) is 30.2 Å². The van der Waals surface area contributed by atoms with Gasteiger partial charge in [0, 0.05) is 40.2 Å². The molecule has 2 atom stereocenters. The third kappa shape index (κ3) is 3.92. The van der Waals surface area contributed by atoms with Crippen LogP contribution in [0.3, 0.4) is 0 Å². The second kappa shape index (κ2) is 8.01. The van der Waals surface area contributed by atoms with Crippen LogP contribution in [-0.4, -0.2) is 33.1 Å². The van der Waals surface area contributed by atoms with Gasteiger partial charge in [0.25, 0.3) is 0 Å². The Labute approximate surface area is 200 Å². The van der Waals surface area contributed by atoms with Crippen molar-refractivity contribution in [2.24, 2.45) is 5.73 Å². The van der Waals surface area contributed by atoms with E-state index in [9.17, 15) is 4.79 Å². The van der Waals surface area contributed by atoms with Crippen LogP contribution < -0.4 is 10.5 Å². The largest absolute Gasteiger partial charge is 0.488 e. The summed E-state index contributed by atoms with van der Waals surface area (Å²) in [6.07, 6.45) is 7.10. The van der Waals surface area contributed by atoms with Gasteiger partial charge in [-0.15, -0.1) is 0 Å². The summed E-state index contributed by atoms with van der Waals surface area (Å²) in [5.74, 6) is 0.443. The van der Waals surface area contributed by atoms with Gasteiger partial charge in [0.15, 0.2) is 0 Å². The molecule has 4 heterocycles. The number of nitrogens with zero attached hydrogens (tertiary/aromatic N) is 3. The van der Waals surface area contributed by atoms with E-state index >= 15 is 0 Å². The van der Waals surface area contributed by atoms with Crippen LogP contribution in [0.25, 0.3) is 10.8 Å². The molecule has 0 amide bonds. The van der Waals surface area contributed by atoms with Gasteiger partial charge in [0.1, 0.15) is 11.9 Å². The molecule has 3 aromatic rings. The third-order valence-corrected chi connectivity index (χ3v) is 7.33. The van der Waals surface area contributed by atoms with Gasteiger partial charge in [-0.05, 0) is 51.3 Å². The van der Waals surface area contributed by atoms with Crippen molar-refractivity contribution in [3.8, 4) is 5.75 Å². The highest BCUT2D eigenvalue weighted by atomic mass is 16.5. The quantitative estimate of drug-likeness (QED) is 0.538. The number of carbonyl (C=O) groups is 1. The van der Waals surface area contributed by atoms with E-state index < -0.39 is 5.54 Å². The van der Waals surface area contributed by atoms with Crippen molar-refractivity contribution in [1.82, 2.24) is 15.0 Å². The summed E-state index contributed by atoms with van der Waals surface area (Å²) in [7, 11) is 0. The number of hydrogen-bond donors (Lipinski definition) is 1. The second-order valence-corrected chi connectivity index (χ2v) is 10.4. The topological polar surface area (TPSA) is 100 Å². The number of rotatable bonds is 6. The molecule has 7 heteroatoms. The average molecular weight is 461 g/mol. The van der Waals surface area contributed by atoms with E-state index in [1.807, 2.05) is 32.2 Å². The molecule has 0 unspecified atom stereocenters. The number of aromatic nitrogens is 3. The summed E-state index contributed by atoms with van der Waals surface area (Å²) in [5.41, 5.74) is 9.55. The molecule has 1 saturated carbocycles. The van der Waals surface area contributed by atoms with Gasteiger partial charge >= 0.3 is 5.97 Å². The average Bonchev–Trinajstić information content (AvgIpc) is 3.62. The molecule has 3 aromatic heterocycles. The van der Waals surface area contributed by atoms with Crippen molar-refractivity contribution < 1.29 is 14.3 Å². The molecule has 0 saturated heterocycles. The normalized spacial score (nSPS) is 21.0. The maximum absolute atomic E-state index is 12.4. The number of pyridine rings is 3. The summed E-state index contributed by atoms with van der Waals surface area (Å²) in [6.45, 7) is 10.1. The van der Waals surface area contributed by atoms with Gasteiger partial charge in [-0.3, -0.25) is 15.0 Å². The van der Waals surface area contributed by atoms with Gasteiger partial charge in [-0.2, -0.15) is 0 Å². The summed E-state index contributed by atoms with van der Waals surface area (Å²) >= 11 is 0. The molecule has 0 spiro atoms. The maximum Gasteiger partial charge on any atom is 0.340 e. The van der Waals surface area contributed by atoms with Gasteiger partial charge in [0.2, 0.25) is 0 Å². The van der Waals surface area contributed by atoms with Crippen LogP contribution in [0.5, 0.6) is 5.75 Å². The monoisotopic (exact) mass is 460 g/mol. The van der Waals surface area contributed by atoms with Gasteiger partial charge in [-0.1, -0.05) is 20.8 Å². The smallest absolute Gasteiger partial charge is 0.340 e. The number of cyclic esters (lactones) is 1. The number of carbonyl (C=O) groups excluding carboxylic acids is 1. The minimum atomic E-state index is -0.570. The lowest BCUT2D eigenvalue weighted by molar-refractivity contribution is 0.00855. The minimum absolute atomic E-state index is 0.246. The lowest BCUT2D eigenvalue weighted by Gasteiger charge is -2.36. The molecule has 1 aliphatic carbocycles. The molecule has 2 aliphatic rings. The van der Waals surface area contributed by atoms with Crippen LogP contribution >= 0.6 is 0 Å². The molecule has 0 radical (unpaired) electrons. The first-order valence-corrected chi connectivity index (χ1v) is 12.0. The Bertz CT molecular complexity index is 1280. The first-order chi connectivity index (χ1) is 16.1. The summed E-state index contributed by atoms with van der Waals surface area (Å²) in [4.78, 5) is 26.7. The first-order valence-electron chi connectivity index (χ1n) is 12.0. The number of nitrogens with two attached hydrogens (primary N) is 1. The molecule has 1 aliphatic heterocycles. The highest BCUT2D eigenvalue weighted by Crippen LogP contribution is 2.37. The van der Waals surface area contributed by atoms with E-state index in [2.05, 4.69) is 26.8 Å². The third-order valence-electron chi connectivity index (χ3n) is 7.33. The predicted molar refractivity (Wildman–Crippen MR) is 130 cm³/mol. The molecule has 34 heavy (non-hydrogen) atoms. The number of ether oxygens (including phenoxy) is 2. The highest BCUT2D eigenvalue weighted by Gasteiger charge is 2.41. The zero-order chi connectivity index (χ0) is 24.3. The Morgan fingerprint density at radius 3 is 2.65 bits per heavy atom. The molecule has 5 rings (SSSR count). The Kier molecular flexibility index (Phi) is 5.35. The second-order valence-electron chi connectivity index (χ2n) is 10.4. The molecular formula is C27H32N4O3. The fourth-order valence-corrected chi connectivity index (χ4v) is 4.34. The van der Waals surface area contributed by atoms with E-state index in [0.29, 0.717) is 12.0 Å². The van der Waals surface area contributed by atoms with Crippen molar-refractivity contribution in [1.29, 1.82) is 0 Å². The zero-order valence-electron chi connectivity index (χ0n) is 20.5. The molecule has 178 valence electrons. The number of hydrogen-bond acceptors (Lipinski definition) is 7. The van der Waals surface area contributed by atoms with Crippen LogP contribution in [0.15, 0.2) is 30.6 Å². The van der Waals surface area contributed by atoms with Gasteiger partial charge in [-0.25, -0.2) is 4.79 Å². The molecule has 0 bridgehead atoms. The van der Waals surface area contributed by atoms with Gasteiger partial charge in [0.05, 0.1) is 34.8 Å². The Hall–Kier alpha value is -3.06. The lowest BCUT2D eigenvalue weighted by atomic mass is 9.79. The van der Waals surface area contributed by atoms with E-state index in [1.54, 1.807) is 6.20 Å². The Morgan fingerprint density at radius 1 is 1.18 bits per heavy atom. The van der Waals surface area contributed by atoms with E-state index in [0.717, 1.165) is 58.6 Å². The van der Waals surface area contributed by atoms with Crippen molar-refractivity contribution in [3.05, 3.63) is 58.9 Å². The summed E-state index contributed by atoms with van der Waals surface area (Å²) in [6, 6.07) is 5.75. The van der Waals surface area contributed by atoms with Crippen molar-refractivity contribution in [2.75, 3.05) is 0 Å². The molecular weight excluding hydrogens is 428 g/mol. The van der Waals surface area contributed by atoms with Crippen LogP contribution in [0.2, 0.25) is 0 Å². The summed E-state index contributed by atoms with van der Waals surface area (Å²) in [5, 5.41) is 1.90. The van der Waals surface area contributed by atoms with Crippen molar-refractivity contribution in [2.45, 2.75) is 83.5 Å². The van der Waals surface area contributed by atoms with Crippen molar-refractivity contribution >= 4 is 16.7 Å². The zero-order valence-corrected chi connectivity index (χ0v) is 20.5. The molecule has 1 fully saturated rings. The van der Waals surface area contributed by atoms with Crippen molar-refractivity contribution in [3.63, 3.8) is 0 Å². The van der Waals surface area contributed by atoms with Gasteiger partial charge < -0.3 is 15.2 Å². The van der Waals surface area contributed by atoms with Crippen LogP contribution in [0, 0.1) is 0 Å². The van der Waals surface area contributed by atoms with E-state index in [1.165, 1.54) is 0 Å². The number of fused-ring (bicyclic) bond motifs is 2. The first kappa shape index (κ1) is 22.7. The highest BCUT2D eigenvalue weighted by molar-refractivity contribution is 5.92.